The van der Waals surface area contributed by atoms with Gasteiger partial charge in [-0.25, -0.2) is 0 Å². The zero-order valence-electron chi connectivity index (χ0n) is 11.6. The molecule has 0 aromatic carbocycles. The third-order valence-electron chi connectivity index (χ3n) is 4.03. The first-order valence-corrected chi connectivity index (χ1v) is 7.04. The van der Waals surface area contributed by atoms with E-state index >= 15 is 0 Å². The van der Waals surface area contributed by atoms with Crippen molar-refractivity contribution in [1.29, 1.82) is 0 Å². The highest BCUT2D eigenvalue weighted by atomic mass is 16.1. The standard InChI is InChI=1S/C14H28N2O/c1-11(12(2)17)16-10-14(15-3)9-13-7-5-4-6-8-13/h11,13-16H,4-10H2,1-3H3/t11-,14-/m0/s1. The van der Waals surface area contributed by atoms with Gasteiger partial charge in [0.1, 0.15) is 5.78 Å². The minimum atomic E-state index is -0.0165. The Kier molecular flexibility index (Phi) is 6.75. The van der Waals surface area contributed by atoms with E-state index in [1.165, 1.54) is 38.5 Å². The average molecular weight is 240 g/mol. The smallest absolute Gasteiger partial charge is 0.146 e. The number of ketones is 1. The van der Waals surface area contributed by atoms with Crippen LogP contribution >= 0.6 is 0 Å². The van der Waals surface area contributed by atoms with E-state index in [0.29, 0.717) is 6.04 Å². The molecule has 2 N–H and O–H groups in total. The molecule has 0 amide bonds. The molecule has 2 atom stereocenters. The minimum absolute atomic E-state index is 0.0165. The summed E-state index contributed by atoms with van der Waals surface area (Å²) in [5.74, 6) is 1.10. The van der Waals surface area contributed by atoms with Gasteiger partial charge < -0.3 is 10.6 Å². The highest BCUT2D eigenvalue weighted by Gasteiger charge is 2.18. The van der Waals surface area contributed by atoms with E-state index in [9.17, 15) is 4.79 Å². The normalized spacial score (nSPS) is 21.1. The molecule has 1 fully saturated rings. The second kappa shape index (κ2) is 7.83. The van der Waals surface area contributed by atoms with Crippen molar-refractivity contribution < 1.29 is 4.79 Å². The van der Waals surface area contributed by atoms with Crippen molar-refractivity contribution in [2.24, 2.45) is 5.92 Å². The lowest BCUT2D eigenvalue weighted by molar-refractivity contribution is -0.118. The fourth-order valence-electron chi connectivity index (χ4n) is 2.59. The van der Waals surface area contributed by atoms with Crippen LogP contribution in [0.4, 0.5) is 0 Å². The fourth-order valence-corrected chi connectivity index (χ4v) is 2.59. The van der Waals surface area contributed by atoms with Gasteiger partial charge >= 0.3 is 0 Å². The first kappa shape index (κ1) is 14.7. The van der Waals surface area contributed by atoms with Crippen molar-refractivity contribution in [3.05, 3.63) is 0 Å². The van der Waals surface area contributed by atoms with Crippen LogP contribution < -0.4 is 10.6 Å². The topological polar surface area (TPSA) is 41.1 Å². The lowest BCUT2D eigenvalue weighted by atomic mass is 9.85. The molecule has 0 radical (unpaired) electrons. The fraction of sp³-hybridized carbons (Fsp3) is 0.929. The van der Waals surface area contributed by atoms with E-state index in [0.717, 1.165) is 12.5 Å². The van der Waals surface area contributed by atoms with Gasteiger partial charge in [0, 0.05) is 12.6 Å². The Bertz CT molecular complexity index is 224. The van der Waals surface area contributed by atoms with Gasteiger partial charge in [0.05, 0.1) is 6.04 Å². The molecule has 1 aliphatic rings. The Balaban J connectivity index is 2.25. The average Bonchev–Trinajstić information content (AvgIpc) is 2.35. The number of nitrogens with one attached hydrogen (secondary N) is 2. The van der Waals surface area contributed by atoms with Crippen LogP contribution in [0.2, 0.25) is 0 Å². The number of hydrogen-bond acceptors (Lipinski definition) is 3. The Hall–Kier alpha value is -0.410. The molecule has 0 bridgehead atoms. The molecule has 1 saturated carbocycles. The molecule has 17 heavy (non-hydrogen) atoms. The zero-order valence-corrected chi connectivity index (χ0v) is 11.6. The summed E-state index contributed by atoms with van der Waals surface area (Å²) in [6, 6.07) is 0.483. The Morgan fingerprint density at radius 1 is 1.29 bits per heavy atom. The molecule has 0 saturated heterocycles. The Labute approximate surface area is 106 Å². The highest BCUT2D eigenvalue weighted by Crippen LogP contribution is 2.27. The van der Waals surface area contributed by atoms with Crippen LogP contribution in [0.25, 0.3) is 0 Å². The van der Waals surface area contributed by atoms with Gasteiger partial charge in [-0.05, 0) is 33.2 Å². The number of carbonyl (C=O) groups excluding carboxylic acids is 1. The van der Waals surface area contributed by atoms with Gasteiger partial charge in [0.25, 0.3) is 0 Å². The molecule has 1 aliphatic carbocycles. The van der Waals surface area contributed by atoms with Crippen LogP contribution in [0, 0.1) is 5.92 Å². The van der Waals surface area contributed by atoms with Crippen LogP contribution in [0.3, 0.4) is 0 Å². The van der Waals surface area contributed by atoms with Crippen molar-refractivity contribution in [3.63, 3.8) is 0 Å². The minimum Gasteiger partial charge on any atom is -0.316 e. The molecule has 0 aromatic heterocycles. The lowest BCUT2D eigenvalue weighted by Crippen LogP contribution is -2.43. The Morgan fingerprint density at radius 3 is 2.47 bits per heavy atom. The number of hydrogen-bond donors (Lipinski definition) is 2. The molecule has 0 spiro atoms. The maximum absolute atomic E-state index is 11.2. The van der Waals surface area contributed by atoms with Crippen LogP contribution in [-0.2, 0) is 4.79 Å². The largest absolute Gasteiger partial charge is 0.316 e. The third-order valence-corrected chi connectivity index (χ3v) is 4.03. The van der Waals surface area contributed by atoms with Crippen LogP contribution in [0.5, 0.6) is 0 Å². The number of rotatable bonds is 7. The van der Waals surface area contributed by atoms with E-state index in [4.69, 9.17) is 0 Å². The highest BCUT2D eigenvalue weighted by molar-refractivity contribution is 5.80. The van der Waals surface area contributed by atoms with Crippen molar-refractivity contribution in [2.45, 2.75) is 64.5 Å². The summed E-state index contributed by atoms with van der Waals surface area (Å²) in [6.07, 6.45) is 8.24. The van der Waals surface area contributed by atoms with E-state index in [1.807, 2.05) is 14.0 Å². The summed E-state index contributed by atoms with van der Waals surface area (Å²) in [5, 5.41) is 6.68. The molecule has 3 heteroatoms. The molecule has 0 heterocycles. The molecule has 0 unspecified atom stereocenters. The van der Waals surface area contributed by atoms with Crippen LogP contribution in [0.15, 0.2) is 0 Å². The van der Waals surface area contributed by atoms with Crippen molar-refractivity contribution >= 4 is 5.78 Å². The number of Topliss-reactive ketones (excluding diaryl/α,β-unsaturated/α-hetero) is 1. The summed E-state index contributed by atoms with van der Waals surface area (Å²) in [6.45, 7) is 4.48. The van der Waals surface area contributed by atoms with Crippen molar-refractivity contribution in [2.75, 3.05) is 13.6 Å². The summed E-state index contributed by atoms with van der Waals surface area (Å²) in [5.41, 5.74) is 0. The van der Waals surface area contributed by atoms with Crippen LogP contribution in [-0.4, -0.2) is 31.5 Å². The summed E-state index contributed by atoms with van der Waals surface area (Å²) in [4.78, 5) is 11.2. The molecule has 0 aromatic rings. The van der Waals surface area contributed by atoms with Gasteiger partial charge in [-0.15, -0.1) is 0 Å². The quantitative estimate of drug-likeness (QED) is 0.716. The monoisotopic (exact) mass is 240 g/mol. The molecular formula is C14H28N2O. The number of likely N-dealkylation sites (N-methyl/N-ethyl adjacent to an activating group) is 1. The summed E-state index contributed by atoms with van der Waals surface area (Å²) in [7, 11) is 2.02. The van der Waals surface area contributed by atoms with E-state index in [-0.39, 0.29) is 11.8 Å². The molecule has 1 rings (SSSR count). The van der Waals surface area contributed by atoms with E-state index in [2.05, 4.69) is 10.6 Å². The van der Waals surface area contributed by atoms with Gasteiger partial charge in [-0.2, -0.15) is 0 Å². The maximum Gasteiger partial charge on any atom is 0.146 e. The van der Waals surface area contributed by atoms with Crippen molar-refractivity contribution in [3.8, 4) is 0 Å². The second-order valence-electron chi connectivity index (χ2n) is 5.47. The Morgan fingerprint density at radius 2 is 1.94 bits per heavy atom. The first-order chi connectivity index (χ1) is 8.13. The van der Waals surface area contributed by atoms with Gasteiger partial charge in [0.15, 0.2) is 0 Å². The van der Waals surface area contributed by atoms with Gasteiger partial charge in [-0.1, -0.05) is 32.1 Å². The predicted molar refractivity (Wildman–Crippen MR) is 72.2 cm³/mol. The predicted octanol–water partition coefficient (Wildman–Crippen LogP) is 2.11. The van der Waals surface area contributed by atoms with Gasteiger partial charge in [-0.3, -0.25) is 4.79 Å². The molecule has 100 valence electrons. The zero-order chi connectivity index (χ0) is 12.7. The summed E-state index contributed by atoms with van der Waals surface area (Å²) >= 11 is 0. The number of carbonyl (C=O) groups is 1. The van der Waals surface area contributed by atoms with Crippen molar-refractivity contribution in [1.82, 2.24) is 10.6 Å². The van der Waals surface area contributed by atoms with Gasteiger partial charge in [0.2, 0.25) is 0 Å². The lowest BCUT2D eigenvalue weighted by Gasteiger charge is -2.27. The van der Waals surface area contributed by atoms with E-state index < -0.39 is 0 Å². The maximum atomic E-state index is 11.2. The molecule has 0 aliphatic heterocycles. The summed E-state index contributed by atoms with van der Waals surface area (Å²) < 4.78 is 0. The van der Waals surface area contributed by atoms with E-state index in [1.54, 1.807) is 6.92 Å². The molecular weight excluding hydrogens is 212 g/mol. The third kappa shape index (κ3) is 5.64. The molecule has 3 nitrogen and oxygen atoms in total. The SMILES string of the molecule is CN[C@H](CN[C@@H](C)C(C)=O)CC1CCCCC1. The van der Waals surface area contributed by atoms with Crippen LogP contribution in [0.1, 0.15) is 52.4 Å². The first-order valence-electron chi connectivity index (χ1n) is 7.04. The second-order valence-corrected chi connectivity index (χ2v) is 5.47.